The molecule has 2 N–H and O–H groups in total. The van der Waals surface area contributed by atoms with Gasteiger partial charge >= 0.3 is 0 Å². The van der Waals surface area contributed by atoms with Crippen molar-refractivity contribution in [2.24, 2.45) is 5.73 Å². The number of hydrogen-bond donors (Lipinski definition) is 1. The zero-order chi connectivity index (χ0) is 12.2. The van der Waals surface area contributed by atoms with Crippen molar-refractivity contribution in [2.75, 3.05) is 13.7 Å². The second kappa shape index (κ2) is 5.35. The number of ether oxygens (including phenoxy) is 1. The fourth-order valence-electron chi connectivity index (χ4n) is 1.73. The van der Waals surface area contributed by atoms with Gasteiger partial charge in [0.2, 0.25) is 0 Å². The third-order valence-corrected chi connectivity index (χ3v) is 2.80. The molecule has 0 saturated carbocycles. The number of hydrogen-bond acceptors (Lipinski definition) is 2. The van der Waals surface area contributed by atoms with Crippen molar-refractivity contribution >= 4 is 0 Å². The van der Waals surface area contributed by atoms with Crippen LogP contribution >= 0.6 is 0 Å². The molecule has 1 aromatic rings. The van der Waals surface area contributed by atoms with Crippen molar-refractivity contribution < 1.29 is 4.74 Å². The molecule has 0 bridgehead atoms. The highest BCUT2D eigenvalue weighted by Crippen LogP contribution is 2.28. The van der Waals surface area contributed by atoms with Crippen LogP contribution in [0.15, 0.2) is 18.2 Å². The van der Waals surface area contributed by atoms with Crippen LogP contribution in [0.3, 0.4) is 0 Å². The van der Waals surface area contributed by atoms with Crippen LogP contribution in [0.1, 0.15) is 38.3 Å². The molecule has 0 atom stereocenters. The Hall–Kier alpha value is -1.02. The van der Waals surface area contributed by atoms with E-state index >= 15 is 0 Å². The average Bonchev–Trinajstić information content (AvgIpc) is 2.24. The first-order chi connectivity index (χ1) is 7.49. The summed E-state index contributed by atoms with van der Waals surface area (Å²) in [6.45, 7) is 7.40. The van der Waals surface area contributed by atoms with E-state index in [1.165, 1.54) is 11.1 Å². The van der Waals surface area contributed by atoms with Crippen molar-refractivity contribution in [3.05, 3.63) is 29.3 Å². The summed E-state index contributed by atoms with van der Waals surface area (Å²) in [5.74, 6) is 0.974. The Morgan fingerprint density at radius 3 is 2.44 bits per heavy atom. The number of benzene rings is 1. The summed E-state index contributed by atoms with van der Waals surface area (Å²) in [6.07, 6.45) is 1.99. The summed E-state index contributed by atoms with van der Waals surface area (Å²) in [5, 5.41) is 0. The predicted octanol–water partition coefficient (Wildman–Crippen LogP) is 2.88. The van der Waals surface area contributed by atoms with E-state index in [1.54, 1.807) is 7.11 Å². The van der Waals surface area contributed by atoms with Crippen molar-refractivity contribution in [1.82, 2.24) is 0 Å². The molecule has 90 valence electrons. The Morgan fingerprint density at radius 1 is 1.25 bits per heavy atom. The monoisotopic (exact) mass is 221 g/mol. The molecule has 0 saturated heterocycles. The maximum Gasteiger partial charge on any atom is 0.122 e. The van der Waals surface area contributed by atoms with Gasteiger partial charge in [-0.25, -0.2) is 0 Å². The first kappa shape index (κ1) is 13.0. The lowest BCUT2D eigenvalue weighted by atomic mass is 9.85. The molecule has 2 heteroatoms. The summed E-state index contributed by atoms with van der Waals surface area (Å²) in [5.41, 5.74) is 8.35. The minimum absolute atomic E-state index is 0.184. The van der Waals surface area contributed by atoms with E-state index in [2.05, 4.69) is 39.0 Å². The predicted molar refractivity (Wildman–Crippen MR) is 69.1 cm³/mol. The number of aryl methyl sites for hydroxylation is 1. The molecule has 0 aliphatic heterocycles. The van der Waals surface area contributed by atoms with Crippen molar-refractivity contribution in [1.29, 1.82) is 0 Å². The minimum atomic E-state index is 0.184. The molecule has 0 heterocycles. The second-order valence-corrected chi connectivity index (χ2v) is 5.17. The lowest BCUT2D eigenvalue weighted by Gasteiger charge is -2.21. The zero-order valence-electron chi connectivity index (χ0n) is 10.8. The van der Waals surface area contributed by atoms with E-state index < -0.39 is 0 Å². The van der Waals surface area contributed by atoms with Gasteiger partial charge in [-0.15, -0.1) is 0 Å². The minimum Gasteiger partial charge on any atom is -0.496 e. The van der Waals surface area contributed by atoms with Gasteiger partial charge in [-0.2, -0.15) is 0 Å². The number of nitrogens with two attached hydrogens (primary N) is 1. The van der Waals surface area contributed by atoms with Gasteiger partial charge in [-0.1, -0.05) is 32.9 Å². The van der Waals surface area contributed by atoms with Crippen LogP contribution in [0.2, 0.25) is 0 Å². The third kappa shape index (κ3) is 3.24. The molecule has 0 radical (unpaired) electrons. The molecule has 0 unspecified atom stereocenters. The largest absolute Gasteiger partial charge is 0.496 e. The highest BCUT2D eigenvalue weighted by atomic mass is 16.5. The molecule has 16 heavy (non-hydrogen) atoms. The highest BCUT2D eigenvalue weighted by molar-refractivity contribution is 5.39. The highest BCUT2D eigenvalue weighted by Gasteiger charge is 2.15. The van der Waals surface area contributed by atoms with Gasteiger partial charge in [0, 0.05) is 0 Å². The quantitative estimate of drug-likeness (QED) is 0.848. The Bertz CT molecular complexity index is 339. The number of rotatable bonds is 4. The van der Waals surface area contributed by atoms with E-state index in [9.17, 15) is 0 Å². The van der Waals surface area contributed by atoms with Crippen LogP contribution in [0.4, 0.5) is 0 Å². The normalized spacial score (nSPS) is 11.6. The summed E-state index contributed by atoms with van der Waals surface area (Å²) < 4.78 is 5.37. The van der Waals surface area contributed by atoms with Crippen LogP contribution in [0, 0.1) is 0 Å². The fourth-order valence-corrected chi connectivity index (χ4v) is 1.73. The van der Waals surface area contributed by atoms with Gasteiger partial charge < -0.3 is 10.5 Å². The van der Waals surface area contributed by atoms with E-state index in [-0.39, 0.29) is 5.41 Å². The first-order valence-corrected chi connectivity index (χ1v) is 5.86. The molecule has 0 amide bonds. The van der Waals surface area contributed by atoms with Gasteiger partial charge in [0.05, 0.1) is 7.11 Å². The molecule has 2 nitrogen and oxygen atoms in total. The summed E-state index contributed by atoms with van der Waals surface area (Å²) in [6, 6.07) is 6.45. The standard InChI is InChI=1S/C14H23NO/c1-14(2,3)12-7-8-13(16-4)11(10-12)6-5-9-15/h7-8,10H,5-6,9,15H2,1-4H3. The van der Waals surface area contributed by atoms with Crippen LogP contribution < -0.4 is 10.5 Å². The molecular formula is C14H23NO. The maximum atomic E-state index is 5.55. The van der Waals surface area contributed by atoms with Crippen LogP contribution in [0.5, 0.6) is 5.75 Å². The molecule has 0 aliphatic rings. The van der Waals surface area contributed by atoms with Gasteiger partial charge in [0.1, 0.15) is 5.75 Å². The van der Waals surface area contributed by atoms with Crippen molar-refractivity contribution in [3.8, 4) is 5.75 Å². The first-order valence-electron chi connectivity index (χ1n) is 5.86. The zero-order valence-corrected chi connectivity index (χ0v) is 10.8. The molecule has 0 spiro atoms. The van der Waals surface area contributed by atoms with Gasteiger partial charge in [0.15, 0.2) is 0 Å². The third-order valence-electron chi connectivity index (χ3n) is 2.80. The van der Waals surface area contributed by atoms with E-state index in [0.717, 1.165) is 25.1 Å². The molecule has 0 aliphatic carbocycles. The lowest BCUT2D eigenvalue weighted by molar-refractivity contribution is 0.408. The topological polar surface area (TPSA) is 35.2 Å². The summed E-state index contributed by atoms with van der Waals surface area (Å²) in [4.78, 5) is 0. The van der Waals surface area contributed by atoms with Crippen LogP contribution in [-0.2, 0) is 11.8 Å². The van der Waals surface area contributed by atoms with E-state index in [1.807, 2.05) is 0 Å². The Labute approximate surface area is 98.8 Å². The average molecular weight is 221 g/mol. The van der Waals surface area contributed by atoms with Crippen molar-refractivity contribution in [3.63, 3.8) is 0 Å². The molecule has 0 fully saturated rings. The fraction of sp³-hybridized carbons (Fsp3) is 0.571. The second-order valence-electron chi connectivity index (χ2n) is 5.17. The van der Waals surface area contributed by atoms with Gasteiger partial charge in [-0.3, -0.25) is 0 Å². The molecular weight excluding hydrogens is 198 g/mol. The molecule has 0 aromatic heterocycles. The van der Waals surface area contributed by atoms with E-state index in [4.69, 9.17) is 10.5 Å². The van der Waals surface area contributed by atoms with Crippen molar-refractivity contribution in [2.45, 2.75) is 39.0 Å². The SMILES string of the molecule is COc1ccc(C(C)(C)C)cc1CCCN. The maximum absolute atomic E-state index is 5.55. The Kier molecular flexibility index (Phi) is 4.36. The van der Waals surface area contributed by atoms with Crippen LogP contribution in [-0.4, -0.2) is 13.7 Å². The Balaban J connectivity index is 3.01. The van der Waals surface area contributed by atoms with E-state index in [0.29, 0.717) is 0 Å². The number of methoxy groups -OCH3 is 1. The van der Waals surface area contributed by atoms with Gasteiger partial charge in [0.25, 0.3) is 0 Å². The molecule has 1 rings (SSSR count). The smallest absolute Gasteiger partial charge is 0.122 e. The van der Waals surface area contributed by atoms with Gasteiger partial charge in [-0.05, 0) is 42.0 Å². The Morgan fingerprint density at radius 2 is 1.94 bits per heavy atom. The summed E-state index contributed by atoms with van der Waals surface area (Å²) >= 11 is 0. The van der Waals surface area contributed by atoms with Crippen LogP contribution in [0.25, 0.3) is 0 Å². The lowest BCUT2D eigenvalue weighted by Crippen LogP contribution is -2.12. The molecule has 1 aromatic carbocycles. The summed E-state index contributed by atoms with van der Waals surface area (Å²) in [7, 11) is 1.72.